The van der Waals surface area contributed by atoms with Gasteiger partial charge in [-0.05, 0) is 45.3 Å². The number of hydrogen-bond acceptors (Lipinski definition) is 4. The second kappa shape index (κ2) is 6.69. The van der Waals surface area contributed by atoms with E-state index in [2.05, 4.69) is 27.1 Å². The lowest BCUT2D eigenvalue weighted by atomic mass is 10.1. The van der Waals surface area contributed by atoms with Crippen molar-refractivity contribution in [1.29, 1.82) is 0 Å². The number of aryl methyl sites for hydroxylation is 1. The molecule has 1 aromatic heterocycles. The van der Waals surface area contributed by atoms with Gasteiger partial charge in [-0.25, -0.2) is 9.97 Å². The normalized spacial score (nSPS) is 18.6. The number of hydrogen-bond donors (Lipinski definition) is 1. The van der Waals surface area contributed by atoms with Crippen molar-refractivity contribution in [2.75, 3.05) is 25.0 Å². The van der Waals surface area contributed by atoms with Gasteiger partial charge in [0.15, 0.2) is 0 Å². The van der Waals surface area contributed by atoms with Gasteiger partial charge in [-0.3, -0.25) is 4.90 Å². The van der Waals surface area contributed by atoms with E-state index in [-0.39, 0.29) is 0 Å². The molecule has 0 radical (unpaired) electrons. The van der Waals surface area contributed by atoms with Crippen LogP contribution in [0.5, 0.6) is 0 Å². The van der Waals surface area contributed by atoms with Gasteiger partial charge in [0.05, 0.1) is 0 Å². The first-order valence-corrected chi connectivity index (χ1v) is 7.07. The summed E-state index contributed by atoms with van der Waals surface area (Å²) in [4.78, 5) is 11.2. The maximum absolute atomic E-state index is 4.38. The van der Waals surface area contributed by atoms with Crippen molar-refractivity contribution in [3.05, 3.63) is 18.0 Å². The molecule has 0 aliphatic carbocycles. The molecule has 100 valence electrons. The summed E-state index contributed by atoms with van der Waals surface area (Å²) in [5.41, 5.74) is 1.01. The van der Waals surface area contributed by atoms with E-state index in [4.69, 9.17) is 0 Å². The summed E-state index contributed by atoms with van der Waals surface area (Å²) in [6, 6.07) is 2.53. The SMILES string of the molecule is CC[C@@H](CNc1nccc(C)n1)N1CCCCC1. The average Bonchev–Trinajstić information content (AvgIpc) is 2.41. The summed E-state index contributed by atoms with van der Waals surface area (Å²) in [5.74, 6) is 0.755. The van der Waals surface area contributed by atoms with Crippen molar-refractivity contribution in [2.24, 2.45) is 0 Å². The van der Waals surface area contributed by atoms with E-state index in [0.717, 1.165) is 18.2 Å². The molecule has 1 aliphatic rings. The van der Waals surface area contributed by atoms with Gasteiger partial charge in [0.1, 0.15) is 0 Å². The largest absolute Gasteiger partial charge is 0.353 e. The molecule has 1 atom stereocenters. The maximum atomic E-state index is 4.38. The number of piperidine rings is 1. The lowest BCUT2D eigenvalue weighted by Crippen LogP contribution is -2.42. The van der Waals surface area contributed by atoms with Gasteiger partial charge in [0.25, 0.3) is 0 Å². The molecule has 0 spiro atoms. The number of rotatable bonds is 5. The minimum Gasteiger partial charge on any atom is -0.353 e. The number of nitrogens with zero attached hydrogens (tertiary/aromatic N) is 3. The summed E-state index contributed by atoms with van der Waals surface area (Å²) in [6.07, 6.45) is 7.07. The molecule has 4 nitrogen and oxygen atoms in total. The number of aromatic nitrogens is 2. The van der Waals surface area contributed by atoms with Gasteiger partial charge < -0.3 is 5.32 Å². The van der Waals surface area contributed by atoms with Crippen LogP contribution in [0.4, 0.5) is 5.95 Å². The van der Waals surface area contributed by atoms with E-state index in [0.29, 0.717) is 6.04 Å². The summed E-state index contributed by atoms with van der Waals surface area (Å²) in [5, 5.41) is 3.37. The first-order chi connectivity index (χ1) is 8.79. The van der Waals surface area contributed by atoms with Gasteiger partial charge in [0.2, 0.25) is 5.95 Å². The van der Waals surface area contributed by atoms with Crippen LogP contribution in [0.1, 0.15) is 38.3 Å². The quantitative estimate of drug-likeness (QED) is 0.869. The summed E-state index contributed by atoms with van der Waals surface area (Å²) in [7, 11) is 0. The lowest BCUT2D eigenvalue weighted by molar-refractivity contribution is 0.166. The highest BCUT2D eigenvalue weighted by Crippen LogP contribution is 2.14. The van der Waals surface area contributed by atoms with Crippen LogP contribution in [0.2, 0.25) is 0 Å². The van der Waals surface area contributed by atoms with Crippen LogP contribution in [-0.4, -0.2) is 40.5 Å². The highest BCUT2D eigenvalue weighted by Gasteiger charge is 2.18. The molecule has 0 unspecified atom stereocenters. The van der Waals surface area contributed by atoms with Crippen LogP contribution in [0.15, 0.2) is 12.3 Å². The Hall–Kier alpha value is -1.16. The van der Waals surface area contributed by atoms with Gasteiger partial charge in [-0.2, -0.15) is 0 Å². The monoisotopic (exact) mass is 248 g/mol. The van der Waals surface area contributed by atoms with Crippen molar-refractivity contribution in [3.8, 4) is 0 Å². The van der Waals surface area contributed by atoms with E-state index < -0.39 is 0 Å². The van der Waals surface area contributed by atoms with E-state index in [1.54, 1.807) is 0 Å². The number of anilines is 1. The predicted molar refractivity (Wildman–Crippen MR) is 74.8 cm³/mol. The smallest absolute Gasteiger partial charge is 0.222 e. The molecule has 4 heteroatoms. The van der Waals surface area contributed by atoms with Gasteiger partial charge in [-0.1, -0.05) is 13.3 Å². The molecule has 1 N–H and O–H groups in total. The summed E-state index contributed by atoms with van der Waals surface area (Å²) in [6.45, 7) is 7.69. The molecular weight excluding hydrogens is 224 g/mol. The molecular formula is C14H24N4. The molecule has 18 heavy (non-hydrogen) atoms. The summed E-state index contributed by atoms with van der Waals surface area (Å²) >= 11 is 0. The van der Waals surface area contributed by atoms with Crippen LogP contribution < -0.4 is 5.32 Å². The lowest BCUT2D eigenvalue weighted by Gasteiger charge is -2.34. The molecule has 2 heterocycles. The number of nitrogens with one attached hydrogen (secondary N) is 1. The van der Waals surface area contributed by atoms with Crippen LogP contribution in [0.3, 0.4) is 0 Å². The van der Waals surface area contributed by atoms with Gasteiger partial charge >= 0.3 is 0 Å². The zero-order valence-corrected chi connectivity index (χ0v) is 11.5. The fourth-order valence-corrected chi connectivity index (χ4v) is 2.56. The van der Waals surface area contributed by atoms with Crippen LogP contribution >= 0.6 is 0 Å². The maximum Gasteiger partial charge on any atom is 0.222 e. The van der Waals surface area contributed by atoms with Crippen molar-refractivity contribution >= 4 is 5.95 Å². The zero-order valence-electron chi connectivity index (χ0n) is 11.5. The topological polar surface area (TPSA) is 41.1 Å². The first-order valence-electron chi connectivity index (χ1n) is 7.07. The van der Waals surface area contributed by atoms with Crippen molar-refractivity contribution < 1.29 is 0 Å². The first kappa shape index (κ1) is 13.3. The Kier molecular flexibility index (Phi) is 4.93. The van der Waals surface area contributed by atoms with Gasteiger partial charge in [-0.15, -0.1) is 0 Å². The molecule has 2 rings (SSSR count). The van der Waals surface area contributed by atoms with E-state index in [1.807, 2.05) is 19.2 Å². The Morgan fingerprint density at radius 2 is 2.11 bits per heavy atom. The molecule has 0 aromatic carbocycles. The molecule has 1 aromatic rings. The number of likely N-dealkylation sites (tertiary alicyclic amines) is 1. The fraction of sp³-hybridized carbons (Fsp3) is 0.714. The minimum absolute atomic E-state index is 0.606. The third-order valence-electron chi connectivity index (χ3n) is 3.67. The Labute approximate surface area is 110 Å². The predicted octanol–water partition coefficient (Wildman–Crippen LogP) is 2.46. The Balaban J connectivity index is 1.86. The molecule has 1 saturated heterocycles. The molecule has 0 saturated carbocycles. The van der Waals surface area contributed by atoms with E-state index >= 15 is 0 Å². The second-order valence-electron chi connectivity index (χ2n) is 5.06. The third-order valence-corrected chi connectivity index (χ3v) is 3.67. The van der Waals surface area contributed by atoms with Crippen LogP contribution in [0.25, 0.3) is 0 Å². The van der Waals surface area contributed by atoms with Crippen molar-refractivity contribution in [1.82, 2.24) is 14.9 Å². The van der Waals surface area contributed by atoms with Crippen molar-refractivity contribution in [3.63, 3.8) is 0 Å². The minimum atomic E-state index is 0.606. The third kappa shape index (κ3) is 3.67. The van der Waals surface area contributed by atoms with Crippen LogP contribution in [-0.2, 0) is 0 Å². The highest BCUT2D eigenvalue weighted by atomic mass is 15.2. The molecule has 1 fully saturated rings. The molecule has 0 amide bonds. The van der Waals surface area contributed by atoms with Gasteiger partial charge in [0, 0.05) is 24.5 Å². The van der Waals surface area contributed by atoms with Crippen molar-refractivity contribution in [2.45, 2.75) is 45.6 Å². The average molecular weight is 248 g/mol. The summed E-state index contributed by atoms with van der Waals surface area (Å²) < 4.78 is 0. The van der Waals surface area contributed by atoms with Crippen LogP contribution in [0, 0.1) is 6.92 Å². The zero-order chi connectivity index (χ0) is 12.8. The Morgan fingerprint density at radius 1 is 1.33 bits per heavy atom. The van der Waals surface area contributed by atoms with E-state index in [9.17, 15) is 0 Å². The Bertz CT molecular complexity index is 361. The highest BCUT2D eigenvalue weighted by molar-refractivity contribution is 5.24. The standard InChI is InChI=1S/C14H24N4/c1-3-13(18-9-5-4-6-10-18)11-16-14-15-8-7-12(2)17-14/h7-8,13H,3-6,9-11H2,1-2H3,(H,15,16,17)/t13-/m0/s1. The van der Waals surface area contributed by atoms with E-state index in [1.165, 1.54) is 38.8 Å². The molecule has 1 aliphatic heterocycles. The second-order valence-corrected chi connectivity index (χ2v) is 5.06. The fourth-order valence-electron chi connectivity index (χ4n) is 2.56. The Morgan fingerprint density at radius 3 is 2.78 bits per heavy atom. The molecule has 0 bridgehead atoms.